The van der Waals surface area contributed by atoms with Crippen molar-refractivity contribution in [1.82, 2.24) is 14.8 Å². The van der Waals surface area contributed by atoms with E-state index in [4.69, 9.17) is 0 Å². The van der Waals surface area contributed by atoms with Crippen molar-refractivity contribution in [2.75, 3.05) is 0 Å². The molecule has 0 radical (unpaired) electrons. The maximum absolute atomic E-state index is 14.0. The van der Waals surface area contributed by atoms with Crippen molar-refractivity contribution in [1.29, 1.82) is 0 Å². The molecule has 3 nitrogen and oxygen atoms in total. The number of aryl methyl sites for hydroxylation is 2. The van der Waals surface area contributed by atoms with Crippen molar-refractivity contribution in [3.05, 3.63) is 95.1 Å². The number of rotatable bonds is 5. The number of aromatic nitrogens is 3. The van der Waals surface area contributed by atoms with Gasteiger partial charge in [0.05, 0.1) is 0 Å². The molecular weight excluding hydrogens is 388 g/mol. The van der Waals surface area contributed by atoms with Gasteiger partial charge in [0, 0.05) is 23.1 Å². The van der Waals surface area contributed by atoms with E-state index < -0.39 is 11.6 Å². The summed E-state index contributed by atoms with van der Waals surface area (Å²) in [7, 11) is 0. The molecule has 1 aromatic heterocycles. The summed E-state index contributed by atoms with van der Waals surface area (Å²) in [5.41, 5.74) is 4.57. The zero-order valence-corrected chi connectivity index (χ0v) is 16.9. The molecule has 0 aliphatic heterocycles. The first-order valence-electron chi connectivity index (χ1n) is 9.17. The second-order valence-electron chi connectivity index (χ2n) is 6.87. The van der Waals surface area contributed by atoms with Crippen LogP contribution in [0.4, 0.5) is 8.78 Å². The van der Waals surface area contributed by atoms with Gasteiger partial charge < -0.3 is 0 Å². The van der Waals surface area contributed by atoms with Crippen molar-refractivity contribution < 1.29 is 8.78 Å². The first-order valence-corrected chi connectivity index (χ1v) is 10.2. The van der Waals surface area contributed by atoms with E-state index in [1.807, 2.05) is 54.8 Å². The van der Waals surface area contributed by atoms with E-state index in [1.165, 1.54) is 23.9 Å². The van der Waals surface area contributed by atoms with Crippen LogP contribution in [0.1, 0.15) is 16.7 Å². The summed E-state index contributed by atoms with van der Waals surface area (Å²) in [6, 6.07) is 19.8. The molecule has 4 aromatic rings. The van der Waals surface area contributed by atoms with Crippen molar-refractivity contribution in [2.24, 2.45) is 0 Å². The number of hydrogen-bond acceptors (Lipinski definition) is 3. The number of nitrogens with zero attached hydrogens (tertiary/aromatic N) is 3. The zero-order chi connectivity index (χ0) is 20.4. The standard InChI is InChI=1S/C23H19F2N3S/c1-15-5-3-7-17(11-15)22-26-27-23(28(22)20-8-4-6-16(2)12-20)29-14-18-9-10-19(24)13-21(18)25/h3-13H,14H2,1-2H3. The van der Waals surface area contributed by atoms with Crippen LogP contribution in [0.15, 0.2) is 71.9 Å². The molecular formula is C23H19F2N3S. The van der Waals surface area contributed by atoms with Crippen LogP contribution in [0, 0.1) is 25.5 Å². The average molecular weight is 407 g/mol. The Morgan fingerprint density at radius 1 is 0.862 bits per heavy atom. The van der Waals surface area contributed by atoms with Crippen LogP contribution in [0.25, 0.3) is 17.1 Å². The Hall–Kier alpha value is -2.99. The lowest BCUT2D eigenvalue weighted by Crippen LogP contribution is -2.00. The van der Waals surface area contributed by atoms with Gasteiger partial charge >= 0.3 is 0 Å². The van der Waals surface area contributed by atoms with Gasteiger partial charge in [0.2, 0.25) is 0 Å². The highest BCUT2D eigenvalue weighted by molar-refractivity contribution is 7.98. The van der Waals surface area contributed by atoms with Crippen LogP contribution in [-0.4, -0.2) is 14.8 Å². The minimum atomic E-state index is -0.582. The zero-order valence-electron chi connectivity index (χ0n) is 16.1. The molecule has 3 aromatic carbocycles. The van der Waals surface area contributed by atoms with Crippen LogP contribution in [0.5, 0.6) is 0 Å². The van der Waals surface area contributed by atoms with Gasteiger partial charge in [-0.1, -0.05) is 53.7 Å². The number of benzene rings is 3. The second kappa shape index (κ2) is 8.17. The van der Waals surface area contributed by atoms with E-state index in [2.05, 4.69) is 22.3 Å². The lowest BCUT2D eigenvalue weighted by Gasteiger charge is -2.12. The normalized spacial score (nSPS) is 11.0. The van der Waals surface area contributed by atoms with Crippen LogP contribution in [-0.2, 0) is 5.75 Å². The van der Waals surface area contributed by atoms with Gasteiger partial charge in [-0.3, -0.25) is 4.57 Å². The molecule has 0 fully saturated rings. The third kappa shape index (κ3) is 4.22. The Balaban J connectivity index is 1.75. The molecule has 0 aliphatic rings. The Morgan fingerprint density at radius 3 is 2.34 bits per heavy atom. The molecule has 0 atom stereocenters. The van der Waals surface area contributed by atoms with Crippen molar-refractivity contribution in [2.45, 2.75) is 24.8 Å². The summed E-state index contributed by atoms with van der Waals surface area (Å²) in [5.74, 6) is -0.0931. The largest absolute Gasteiger partial charge is 0.270 e. The highest BCUT2D eigenvalue weighted by Gasteiger charge is 2.17. The fourth-order valence-electron chi connectivity index (χ4n) is 3.12. The maximum Gasteiger partial charge on any atom is 0.196 e. The molecule has 4 rings (SSSR count). The fraction of sp³-hybridized carbons (Fsp3) is 0.130. The van der Waals surface area contributed by atoms with Gasteiger partial charge in [-0.2, -0.15) is 0 Å². The lowest BCUT2D eigenvalue weighted by atomic mass is 10.1. The van der Waals surface area contributed by atoms with Crippen LogP contribution < -0.4 is 0 Å². The Morgan fingerprint density at radius 2 is 1.62 bits per heavy atom. The smallest absolute Gasteiger partial charge is 0.196 e. The summed E-state index contributed by atoms with van der Waals surface area (Å²) >= 11 is 1.37. The first kappa shape index (κ1) is 19.3. The van der Waals surface area contributed by atoms with Crippen molar-refractivity contribution in [3.63, 3.8) is 0 Å². The molecule has 0 saturated heterocycles. The second-order valence-corrected chi connectivity index (χ2v) is 7.82. The lowest BCUT2D eigenvalue weighted by molar-refractivity contribution is 0.576. The molecule has 146 valence electrons. The molecule has 0 spiro atoms. The molecule has 0 saturated carbocycles. The highest BCUT2D eigenvalue weighted by Crippen LogP contribution is 2.31. The van der Waals surface area contributed by atoms with Gasteiger partial charge in [0.25, 0.3) is 0 Å². The van der Waals surface area contributed by atoms with Gasteiger partial charge in [0.15, 0.2) is 11.0 Å². The fourth-order valence-corrected chi connectivity index (χ4v) is 4.05. The summed E-state index contributed by atoms with van der Waals surface area (Å²) in [6.45, 7) is 4.06. The predicted molar refractivity (Wildman–Crippen MR) is 112 cm³/mol. The van der Waals surface area contributed by atoms with Crippen molar-refractivity contribution in [3.8, 4) is 17.1 Å². The summed E-state index contributed by atoms with van der Waals surface area (Å²) in [4.78, 5) is 0. The number of hydrogen-bond donors (Lipinski definition) is 0. The molecule has 6 heteroatoms. The topological polar surface area (TPSA) is 30.7 Å². The average Bonchev–Trinajstić information content (AvgIpc) is 3.11. The first-order chi connectivity index (χ1) is 14.0. The summed E-state index contributed by atoms with van der Waals surface area (Å²) < 4.78 is 29.2. The Kier molecular flexibility index (Phi) is 5.45. The third-order valence-electron chi connectivity index (χ3n) is 4.54. The van der Waals surface area contributed by atoms with Gasteiger partial charge in [-0.15, -0.1) is 10.2 Å². The van der Waals surface area contributed by atoms with E-state index in [-0.39, 0.29) is 0 Å². The summed E-state index contributed by atoms with van der Waals surface area (Å²) in [5, 5.41) is 9.44. The van der Waals surface area contributed by atoms with E-state index in [1.54, 1.807) is 0 Å². The predicted octanol–water partition coefficient (Wildman–Crippen LogP) is 6.12. The van der Waals surface area contributed by atoms with Crippen LogP contribution >= 0.6 is 11.8 Å². The van der Waals surface area contributed by atoms with E-state index in [0.29, 0.717) is 16.5 Å². The molecule has 1 heterocycles. The molecule has 0 bridgehead atoms. The molecule has 29 heavy (non-hydrogen) atoms. The third-order valence-corrected chi connectivity index (χ3v) is 5.52. The van der Waals surface area contributed by atoms with Gasteiger partial charge in [0.1, 0.15) is 11.6 Å². The van der Waals surface area contributed by atoms with Crippen LogP contribution in [0.3, 0.4) is 0 Å². The SMILES string of the molecule is Cc1cccc(-c2nnc(SCc3ccc(F)cc3F)n2-c2cccc(C)c2)c1. The molecule has 0 unspecified atom stereocenters. The minimum Gasteiger partial charge on any atom is -0.270 e. The Labute approximate surface area is 172 Å². The number of thioether (sulfide) groups is 1. The molecule has 0 aliphatic carbocycles. The maximum atomic E-state index is 14.0. The monoisotopic (exact) mass is 407 g/mol. The van der Waals surface area contributed by atoms with Gasteiger partial charge in [-0.25, -0.2) is 8.78 Å². The van der Waals surface area contributed by atoms with Crippen LogP contribution in [0.2, 0.25) is 0 Å². The Bertz CT molecular complexity index is 1170. The number of halogens is 2. The highest BCUT2D eigenvalue weighted by atomic mass is 32.2. The van der Waals surface area contributed by atoms with E-state index >= 15 is 0 Å². The molecule has 0 N–H and O–H groups in total. The van der Waals surface area contributed by atoms with Crippen molar-refractivity contribution >= 4 is 11.8 Å². The van der Waals surface area contributed by atoms with E-state index in [9.17, 15) is 8.78 Å². The van der Waals surface area contributed by atoms with Gasteiger partial charge in [-0.05, 0) is 49.2 Å². The summed E-state index contributed by atoms with van der Waals surface area (Å²) in [6.07, 6.45) is 0. The van der Waals surface area contributed by atoms with E-state index in [0.717, 1.165) is 34.3 Å². The molecule has 0 amide bonds. The quantitative estimate of drug-likeness (QED) is 0.373. The minimum absolute atomic E-state index is 0.323.